The van der Waals surface area contributed by atoms with Gasteiger partial charge in [0.25, 0.3) is 0 Å². The van der Waals surface area contributed by atoms with Crippen molar-refractivity contribution in [2.45, 2.75) is 71.3 Å². The zero-order valence-electron chi connectivity index (χ0n) is 17.6. The number of hydrogen-bond donors (Lipinski definition) is 0. The van der Waals surface area contributed by atoms with Gasteiger partial charge in [-0.2, -0.15) is 0 Å². The molecule has 1 aromatic carbocycles. The lowest BCUT2D eigenvalue weighted by atomic mass is 10.2. The van der Waals surface area contributed by atoms with Crippen LogP contribution in [0.1, 0.15) is 19.4 Å². The Morgan fingerprint density at radius 3 is 2.20 bits per heavy atom. The largest absolute Gasteiger partial charge is 0.439 e. The van der Waals surface area contributed by atoms with Gasteiger partial charge >= 0.3 is 8.08 Å². The molecule has 2 rings (SSSR count). The maximum absolute atomic E-state index is 6.93. The predicted molar refractivity (Wildman–Crippen MR) is 121 cm³/mol. The highest BCUT2D eigenvalue weighted by Crippen LogP contribution is 2.45. The lowest BCUT2D eigenvalue weighted by Gasteiger charge is -2.60. The second kappa shape index (κ2) is 6.42. The van der Waals surface area contributed by atoms with Gasteiger partial charge < -0.3 is 8.54 Å². The zero-order chi connectivity index (χ0) is 19.3. The van der Waals surface area contributed by atoms with E-state index in [-0.39, 0.29) is 5.60 Å². The average Bonchev–Trinajstić information content (AvgIpc) is 2.42. The van der Waals surface area contributed by atoms with Crippen LogP contribution in [0, 0.1) is 0 Å². The summed E-state index contributed by atoms with van der Waals surface area (Å²) >= 11 is 0. The Morgan fingerprint density at radius 1 is 1.12 bits per heavy atom. The molecule has 0 bridgehead atoms. The summed E-state index contributed by atoms with van der Waals surface area (Å²) in [4.78, 5) is 0. The van der Waals surface area contributed by atoms with Crippen LogP contribution in [0.2, 0.25) is 51.9 Å². The molecule has 1 aliphatic heterocycles. The highest BCUT2D eigenvalue weighted by Gasteiger charge is 2.67. The van der Waals surface area contributed by atoms with Crippen molar-refractivity contribution in [3.05, 3.63) is 36.4 Å². The lowest BCUT2D eigenvalue weighted by molar-refractivity contribution is 0.0947. The molecule has 1 aromatic rings. The molecular weight excluding hydrogens is 373 g/mol. The van der Waals surface area contributed by atoms with Crippen molar-refractivity contribution in [3.8, 4) is 0 Å². The summed E-state index contributed by atoms with van der Waals surface area (Å²) in [5.74, 6) is 0. The predicted octanol–water partition coefficient (Wildman–Crippen LogP) is 5.21. The average molecular weight is 409 g/mol. The van der Waals surface area contributed by atoms with Crippen molar-refractivity contribution in [2.24, 2.45) is 0 Å². The van der Waals surface area contributed by atoms with E-state index >= 15 is 0 Å². The standard InChI is InChI=1S/C19H36O2Si4/c1-11-17-14-12-13-15-18(17)24(9)16-19(2,3)20-25(10,23(24,7)8)21-22(4,5)6/h11-15H,1,16H2,2-10H3. The highest BCUT2D eigenvalue weighted by molar-refractivity contribution is 7.69. The first-order valence-corrected chi connectivity index (χ1v) is 22.7. The van der Waals surface area contributed by atoms with Gasteiger partial charge in [-0.25, -0.2) is 0 Å². The van der Waals surface area contributed by atoms with E-state index in [1.807, 2.05) is 6.08 Å². The van der Waals surface area contributed by atoms with Gasteiger partial charge in [-0.3, -0.25) is 0 Å². The molecule has 140 valence electrons. The van der Waals surface area contributed by atoms with Gasteiger partial charge in [0.05, 0.1) is 13.2 Å². The Kier molecular flexibility index (Phi) is 5.41. The van der Waals surface area contributed by atoms with Crippen LogP contribution in [-0.2, 0) is 8.54 Å². The van der Waals surface area contributed by atoms with Gasteiger partial charge in [0.15, 0.2) is 8.32 Å². The van der Waals surface area contributed by atoms with Crippen molar-refractivity contribution < 1.29 is 8.54 Å². The second-order valence-electron chi connectivity index (χ2n) is 9.95. The van der Waals surface area contributed by atoms with Gasteiger partial charge in [0.1, 0.15) is 7.11 Å². The Morgan fingerprint density at radius 2 is 1.68 bits per heavy atom. The van der Waals surface area contributed by atoms with E-state index in [0.717, 1.165) is 0 Å². The first-order valence-electron chi connectivity index (χ1n) is 9.30. The van der Waals surface area contributed by atoms with Crippen LogP contribution in [0.3, 0.4) is 0 Å². The van der Waals surface area contributed by atoms with Crippen LogP contribution in [0.5, 0.6) is 0 Å². The monoisotopic (exact) mass is 408 g/mol. The summed E-state index contributed by atoms with van der Waals surface area (Å²) < 4.78 is 13.8. The molecule has 2 unspecified atom stereocenters. The van der Waals surface area contributed by atoms with Crippen molar-refractivity contribution in [3.63, 3.8) is 0 Å². The topological polar surface area (TPSA) is 18.5 Å². The van der Waals surface area contributed by atoms with Crippen molar-refractivity contribution in [2.75, 3.05) is 0 Å². The molecule has 25 heavy (non-hydrogen) atoms. The summed E-state index contributed by atoms with van der Waals surface area (Å²) in [5, 5.41) is 1.57. The van der Waals surface area contributed by atoms with Crippen molar-refractivity contribution >= 4 is 42.4 Å². The molecule has 0 N–H and O–H groups in total. The van der Waals surface area contributed by atoms with Crippen LogP contribution in [-0.4, -0.2) is 36.7 Å². The number of rotatable bonds is 4. The van der Waals surface area contributed by atoms with Gasteiger partial charge in [-0.05, 0) is 51.6 Å². The fourth-order valence-electron chi connectivity index (χ4n) is 4.61. The molecule has 2 atom stereocenters. The van der Waals surface area contributed by atoms with E-state index in [2.05, 4.69) is 90.5 Å². The van der Waals surface area contributed by atoms with Crippen LogP contribution in [0.25, 0.3) is 6.08 Å². The normalized spacial score (nSPS) is 31.6. The summed E-state index contributed by atoms with van der Waals surface area (Å²) in [6.45, 7) is 25.6. The van der Waals surface area contributed by atoms with Crippen LogP contribution < -0.4 is 5.19 Å². The smallest absolute Gasteiger partial charge is 0.300 e. The minimum atomic E-state index is -2.26. The second-order valence-corrected chi connectivity index (χ2v) is 38.9. The summed E-state index contributed by atoms with van der Waals surface area (Å²) in [6, 6.07) is 10.1. The third-order valence-electron chi connectivity index (χ3n) is 6.04. The van der Waals surface area contributed by atoms with Crippen LogP contribution >= 0.6 is 0 Å². The van der Waals surface area contributed by atoms with E-state index in [1.165, 1.54) is 11.6 Å². The Bertz CT molecular complexity index is 662. The molecule has 6 heteroatoms. The van der Waals surface area contributed by atoms with E-state index < -0.39 is 31.1 Å². The minimum Gasteiger partial charge on any atom is -0.439 e. The zero-order valence-corrected chi connectivity index (χ0v) is 21.6. The molecule has 1 saturated heterocycles. The SMILES string of the molecule is C=Cc1ccccc1[Si]1(C)CC(C)(C)O[Si](C)(O[Si](C)(C)C)[Si]1(C)C. The Balaban J connectivity index is 2.69. The minimum absolute atomic E-state index is 0.113. The Labute approximate surface area is 158 Å². The van der Waals surface area contributed by atoms with Gasteiger partial charge in [-0.1, -0.05) is 61.7 Å². The van der Waals surface area contributed by atoms with Crippen LogP contribution in [0.4, 0.5) is 0 Å². The van der Waals surface area contributed by atoms with Gasteiger partial charge in [0.2, 0.25) is 0 Å². The molecule has 0 radical (unpaired) electrons. The molecule has 0 aliphatic carbocycles. The molecular formula is C19H36O2Si4. The first kappa shape index (κ1) is 21.1. The molecule has 1 aliphatic rings. The van der Waals surface area contributed by atoms with Crippen molar-refractivity contribution in [1.29, 1.82) is 0 Å². The van der Waals surface area contributed by atoms with E-state index in [9.17, 15) is 0 Å². The van der Waals surface area contributed by atoms with Gasteiger partial charge in [0, 0.05) is 0 Å². The quantitative estimate of drug-likeness (QED) is 0.636. The lowest BCUT2D eigenvalue weighted by Crippen LogP contribution is -2.85. The molecule has 0 spiro atoms. The molecule has 0 aromatic heterocycles. The van der Waals surface area contributed by atoms with E-state index in [4.69, 9.17) is 8.54 Å². The van der Waals surface area contributed by atoms with Crippen LogP contribution in [0.15, 0.2) is 30.8 Å². The van der Waals surface area contributed by atoms with Gasteiger partial charge in [-0.15, -0.1) is 0 Å². The number of hydrogen-bond acceptors (Lipinski definition) is 2. The number of benzene rings is 1. The fraction of sp³-hybridized carbons (Fsp3) is 0.579. The molecule has 0 amide bonds. The third-order valence-corrected chi connectivity index (χ3v) is 45.9. The molecule has 0 saturated carbocycles. The van der Waals surface area contributed by atoms with Crippen molar-refractivity contribution in [1.82, 2.24) is 0 Å². The Hall–Kier alpha value is -0.252. The van der Waals surface area contributed by atoms with E-state index in [1.54, 1.807) is 5.19 Å². The maximum Gasteiger partial charge on any atom is 0.300 e. The molecule has 2 nitrogen and oxygen atoms in total. The summed E-state index contributed by atoms with van der Waals surface area (Å²) in [6.07, 6.45) is 2.04. The first-order chi connectivity index (χ1) is 11.2. The highest BCUT2D eigenvalue weighted by atomic mass is 29.7. The van der Waals surface area contributed by atoms with E-state index in [0.29, 0.717) is 0 Å². The molecule has 1 heterocycles. The maximum atomic E-state index is 6.93. The summed E-state index contributed by atoms with van der Waals surface area (Å²) in [5.41, 5.74) is 1.21. The molecule has 1 fully saturated rings. The third kappa shape index (κ3) is 3.75. The fourth-order valence-corrected chi connectivity index (χ4v) is 45.2. The summed E-state index contributed by atoms with van der Waals surface area (Å²) in [7, 11) is -7.48.